The predicted octanol–water partition coefficient (Wildman–Crippen LogP) is 4.99. The van der Waals surface area contributed by atoms with E-state index in [-0.39, 0.29) is 23.1 Å². The van der Waals surface area contributed by atoms with Gasteiger partial charge in [0.15, 0.2) is 0 Å². The van der Waals surface area contributed by atoms with Crippen LogP contribution in [0.3, 0.4) is 0 Å². The van der Waals surface area contributed by atoms with Gasteiger partial charge in [-0.15, -0.1) is 0 Å². The lowest BCUT2D eigenvalue weighted by Gasteiger charge is -2.31. The molecular formula is C27H31ClN4O2. The van der Waals surface area contributed by atoms with Gasteiger partial charge in [-0.1, -0.05) is 56.6 Å². The molecule has 7 heteroatoms. The number of aromatic nitrogens is 2. The maximum absolute atomic E-state index is 13.0. The summed E-state index contributed by atoms with van der Waals surface area (Å²) in [4.78, 5) is 27.5. The number of piperidine rings is 1. The maximum Gasteiger partial charge on any atom is 0.253 e. The van der Waals surface area contributed by atoms with Crippen molar-refractivity contribution in [1.82, 2.24) is 20.0 Å². The van der Waals surface area contributed by atoms with Crippen LogP contribution in [0.2, 0.25) is 5.02 Å². The molecule has 4 rings (SSSR count). The van der Waals surface area contributed by atoms with Crippen molar-refractivity contribution in [3.05, 3.63) is 82.6 Å². The number of carbonyl (C=O) groups is 2. The molecule has 2 amide bonds. The molecule has 178 valence electrons. The second-order valence-corrected chi connectivity index (χ2v) is 10.2. The minimum Gasteiger partial charge on any atom is -0.350 e. The van der Waals surface area contributed by atoms with Gasteiger partial charge in [-0.3, -0.25) is 9.59 Å². The molecule has 2 heterocycles. The van der Waals surface area contributed by atoms with Crippen molar-refractivity contribution in [2.45, 2.75) is 45.6 Å². The van der Waals surface area contributed by atoms with Crippen molar-refractivity contribution in [1.29, 1.82) is 0 Å². The SMILES string of the molecule is CC(C)(C)c1cc(CNC(=O)C2CCN(C(=O)c3ccccc3)CC2)n(-c2cccc(Cl)c2)n1. The molecular weight excluding hydrogens is 448 g/mol. The lowest BCUT2D eigenvalue weighted by molar-refractivity contribution is -0.126. The fourth-order valence-electron chi connectivity index (χ4n) is 4.17. The molecule has 0 atom stereocenters. The van der Waals surface area contributed by atoms with E-state index < -0.39 is 0 Å². The van der Waals surface area contributed by atoms with Crippen LogP contribution < -0.4 is 5.32 Å². The van der Waals surface area contributed by atoms with Crippen molar-refractivity contribution in [2.24, 2.45) is 5.92 Å². The molecule has 34 heavy (non-hydrogen) atoms. The molecule has 0 aliphatic carbocycles. The third-order valence-corrected chi connectivity index (χ3v) is 6.46. The average molecular weight is 479 g/mol. The van der Waals surface area contributed by atoms with Crippen LogP contribution in [0.25, 0.3) is 5.69 Å². The molecule has 2 aromatic carbocycles. The minimum absolute atomic E-state index is 0.0166. The Balaban J connectivity index is 1.40. The van der Waals surface area contributed by atoms with Crippen LogP contribution in [0.5, 0.6) is 0 Å². The second kappa shape index (κ2) is 10.0. The molecule has 0 spiro atoms. The minimum atomic E-state index is -0.124. The van der Waals surface area contributed by atoms with E-state index in [0.29, 0.717) is 43.1 Å². The summed E-state index contributed by atoms with van der Waals surface area (Å²) in [5, 5.41) is 8.54. The van der Waals surface area contributed by atoms with E-state index >= 15 is 0 Å². The van der Waals surface area contributed by atoms with E-state index in [4.69, 9.17) is 16.7 Å². The summed E-state index contributed by atoms with van der Waals surface area (Å²) >= 11 is 6.21. The third-order valence-electron chi connectivity index (χ3n) is 6.22. The first-order valence-electron chi connectivity index (χ1n) is 11.7. The number of hydrogen-bond donors (Lipinski definition) is 1. The molecule has 1 aliphatic heterocycles. The van der Waals surface area contributed by atoms with Crippen LogP contribution in [0.4, 0.5) is 0 Å². The van der Waals surface area contributed by atoms with Crippen molar-refractivity contribution < 1.29 is 9.59 Å². The van der Waals surface area contributed by atoms with Gasteiger partial charge >= 0.3 is 0 Å². The van der Waals surface area contributed by atoms with Gasteiger partial charge < -0.3 is 10.2 Å². The number of halogens is 1. The largest absolute Gasteiger partial charge is 0.350 e. The molecule has 0 bridgehead atoms. The highest BCUT2D eigenvalue weighted by atomic mass is 35.5. The summed E-state index contributed by atoms with van der Waals surface area (Å²) in [6.07, 6.45) is 1.32. The Bertz CT molecular complexity index is 1160. The van der Waals surface area contributed by atoms with Crippen LogP contribution in [-0.2, 0) is 16.8 Å². The van der Waals surface area contributed by atoms with Crippen molar-refractivity contribution >= 4 is 23.4 Å². The van der Waals surface area contributed by atoms with E-state index in [2.05, 4.69) is 26.1 Å². The Labute approximate surface area is 205 Å². The van der Waals surface area contributed by atoms with Gasteiger partial charge in [-0.25, -0.2) is 4.68 Å². The molecule has 0 radical (unpaired) electrons. The first-order valence-corrected chi connectivity index (χ1v) is 12.1. The van der Waals surface area contributed by atoms with Gasteiger partial charge in [0.2, 0.25) is 5.91 Å². The molecule has 1 N–H and O–H groups in total. The zero-order valence-corrected chi connectivity index (χ0v) is 20.7. The fraction of sp³-hybridized carbons (Fsp3) is 0.370. The van der Waals surface area contributed by atoms with E-state index in [0.717, 1.165) is 17.1 Å². The average Bonchev–Trinajstić information content (AvgIpc) is 3.28. The lowest BCUT2D eigenvalue weighted by atomic mass is 9.92. The summed E-state index contributed by atoms with van der Waals surface area (Å²) < 4.78 is 1.86. The molecule has 0 saturated carbocycles. The quantitative estimate of drug-likeness (QED) is 0.561. The first kappa shape index (κ1) is 24.0. The standard InChI is InChI=1S/C27H31ClN4O2/c1-27(2,3)24-17-23(32(30-24)22-11-7-10-21(28)16-22)18-29-25(33)19-12-14-31(15-13-19)26(34)20-8-5-4-6-9-20/h4-11,16-17,19H,12-15,18H2,1-3H3,(H,29,33). The van der Waals surface area contributed by atoms with Crippen LogP contribution >= 0.6 is 11.6 Å². The number of amides is 2. The monoisotopic (exact) mass is 478 g/mol. The molecule has 6 nitrogen and oxygen atoms in total. The normalized spacial score (nSPS) is 14.8. The van der Waals surface area contributed by atoms with Gasteiger partial charge in [0.05, 0.1) is 23.6 Å². The number of benzene rings is 2. The Morgan fingerprint density at radius 1 is 1.03 bits per heavy atom. The van der Waals surface area contributed by atoms with Gasteiger partial charge in [-0.05, 0) is 49.2 Å². The van der Waals surface area contributed by atoms with Crippen LogP contribution in [0.15, 0.2) is 60.7 Å². The van der Waals surface area contributed by atoms with Crippen molar-refractivity contribution in [3.63, 3.8) is 0 Å². The molecule has 3 aromatic rings. The highest BCUT2D eigenvalue weighted by Crippen LogP contribution is 2.25. The number of nitrogens with one attached hydrogen (secondary N) is 1. The summed E-state index contributed by atoms with van der Waals surface area (Å²) in [5.74, 6) is -0.0630. The number of carbonyl (C=O) groups excluding carboxylic acids is 2. The van der Waals surface area contributed by atoms with E-state index in [1.165, 1.54) is 0 Å². The summed E-state index contributed by atoms with van der Waals surface area (Å²) in [5.41, 5.74) is 3.27. The summed E-state index contributed by atoms with van der Waals surface area (Å²) in [7, 11) is 0. The summed E-state index contributed by atoms with van der Waals surface area (Å²) in [6.45, 7) is 7.89. The number of hydrogen-bond acceptors (Lipinski definition) is 3. The Morgan fingerprint density at radius 2 is 1.74 bits per heavy atom. The van der Waals surface area contributed by atoms with Crippen LogP contribution in [0, 0.1) is 5.92 Å². The Morgan fingerprint density at radius 3 is 2.38 bits per heavy atom. The highest BCUT2D eigenvalue weighted by Gasteiger charge is 2.28. The number of likely N-dealkylation sites (tertiary alicyclic amines) is 1. The van der Waals surface area contributed by atoms with Crippen molar-refractivity contribution in [3.8, 4) is 5.69 Å². The maximum atomic E-state index is 13.0. The first-order chi connectivity index (χ1) is 16.2. The van der Waals surface area contributed by atoms with Gasteiger partial charge in [0.1, 0.15) is 0 Å². The molecule has 1 aliphatic rings. The zero-order chi connectivity index (χ0) is 24.3. The third kappa shape index (κ3) is 5.50. The molecule has 0 unspecified atom stereocenters. The smallest absolute Gasteiger partial charge is 0.253 e. The predicted molar refractivity (Wildman–Crippen MR) is 134 cm³/mol. The van der Waals surface area contributed by atoms with E-state index in [1.807, 2.05) is 70.2 Å². The van der Waals surface area contributed by atoms with E-state index in [9.17, 15) is 9.59 Å². The van der Waals surface area contributed by atoms with Crippen LogP contribution in [0.1, 0.15) is 55.4 Å². The van der Waals surface area contributed by atoms with Gasteiger partial charge in [-0.2, -0.15) is 5.10 Å². The highest BCUT2D eigenvalue weighted by molar-refractivity contribution is 6.30. The fourth-order valence-corrected chi connectivity index (χ4v) is 4.36. The number of rotatable bonds is 5. The topological polar surface area (TPSA) is 67.2 Å². The van der Waals surface area contributed by atoms with Crippen LogP contribution in [-0.4, -0.2) is 39.6 Å². The Hall–Kier alpha value is -3.12. The second-order valence-electron chi connectivity index (χ2n) is 9.81. The lowest BCUT2D eigenvalue weighted by Crippen LogP contribution is -2.43. The van der Waals surface area contributed by atoms with E-state index in [1.54, 1.807) is 0 Å². The number of nitrogens with zero attached hydrogens (tertiary/aromatic N) is 3. The zero-order valence-electron chi connectivity index (χ0n) is 19.9. The van der Waals surface area contributed by atoms with Crippen molar-refractivity contribution in [2.75, 3.05) is 13.1 Å². The molecule has 1 fully saturated rings. The Kier molecular flexibility index (Phi) is 7.08. The molecule has 1 saturated heterocycles. The summed E-state index contributed by atoms with van der Waals surface area (Å²) in [6, 6.07) is 18.9. The van der Waals surface area contributed by atoms with Gasteiger partial charge in [0, 0.05) is 35.0 Å². The molecule has 1 aromatic heterocycles. The van der Waals surface area contributed by atoms with Gasteiger partial charge in [0.25, 0.3) is 5.91 Å².